The van der Waals surface area contributed by atoms with E-state index in [4.69, 9.17) is 0 Å². The van der Waals surface area contributed by atoms with Crippen LogP contribution in [0.1, 0.15) is 34.6 Å². The highest BCUT2D eigenvalue weighted by Crippen LogP contribution is 2.24. The van der Waals surface area contributed by atoms with Crippen LogP contribution in [0.5, 0.6) is 0 Å². The fourth-order valence-electron chi connectivity index (χ4n) is 3.48. The van der Waals surface area contributed by atoms with Gasteiger partial charge >= 0.3 is 0 Å². The molecular weight excluding hydrogens is 418 g/mol. The Morgan fingerprint density at radius 2 is 1.80 bits per heavy atom. The van der Waals surface area contributed by atoms with Crippen molar-refractivity contribution >= 4 is 33.0 Å². The molecule has 2 heterocycles. The zero-order valence-corrected chi connectivity index (χ0v) is 18.3. The Morgan fingerprint density at radius 1 is 1.07 bits per heavy atom. The number of carbonyl (C=O) groups is 1. The molecule has 1 aliphatic rings. The summed E-state index contributed by atoms with van der Waals surface area (Å²) in [6, 6.07) is 13.7. The second kappa shape index (κ2) is 8.67. The summed E-state index contributed by atoms with van der Waals surface area (Å²) in [5.74, 6) is -0.344. The molecule has 1 fully saturated rings. The smallest absolute Gasteiger partial charge is 0.255 e. The largest absolute Gasteiger partial charge is 0.322 e. The molecule has 0 unspecified atom stereocenters. The topological polar surface area (TPSA) is 79.4 Å². The van der Waals surface area contributed by atoms with E-state index in [-0.39, 0.29) is 10.8 Å². The molecule has 0 radical (unpaired) electrons. The van der Waals surface area contributed by atoms with E-state index in [0.29, 0.717) is 24.3 Å². The van der Waals surface area contributed by atoms with Gasteiger partial charge in [0.2, 0.25) is 10.0 Å². The van der Waals surface area contributed by atoms with Crippen molar-refractivity contribution in [2.45, 2.75) is 31.1 Å². The number of anilines is 1. The van der Waals surface area contributed by atoms with Crippen LogP contribution in [0.4, 0.5) is 5.69 Å². The van der Waals surface area contributed by atoms with E-state index in [9.17, 15) is 13.2 Å². The lowest BCUT2D eigenvalue weighted by molar-refractivity contribution is 0.102. The van der Waals surface area contributed by atoms with Crippen LogP contribution in [-0.4, -0.2) is 36.7 Å². The first-order chi connectivity index (χ1) is 14.4. The number of hydrogen-bond acceptors (Lipinski definition) is 5. The van der Waals surface area contributed by atoms with Gasteiger partial charge in [-0.15, -0.1) is 11.3 Å². The molecule has 1 aromatic heterocycles. The Bertz CT molecular complexity index is 1150. The molecule has 1 amide bonds. The van der Waals surface area contributed by atoms with E-state index in [1.54, 1.807) is 29.5 Å². The molecule has 0 saturated carbocycles. The maximum absolute atomic E-state index is 12.9. The third-order valence-electron chi connectivity index (χ3n) is 5.11. The van der Waals surface area contributed by atoms with Gasteiger partial charge in [0.15, 0.2) is 0 Å². The fraction of sp³-hybridized carbons (Fsp3) is 0.273. The zero-order valence-electron chi connectivity index (χ0n) is 16.7. The summed E-state index contributed by atoms with van der Waals surface area (Å²) in [5.41, 5.74) is 2.84. The third kappa shape index (κ3) is 4.45. The van der Waals surface area contributed by atoms with Crippen LogP contribution in [0, 0.1) is 6.92 Å². The van der Waals surface area contributed by atoms with Crippen molar-refractivity contribution in [3.8, 4) is 11.3 Å². The van der Waals surface area contributed by atoms with Crippen molar-refractivity contribution < 1.29 is 13.2 Å². The van der Waals surface area contributed by atoms with Gasteiger partial charge in [-0.1, -0.05) is 24.6 Å². The first-order valence-corrected chi connectivity index (χ1v) is 12.2. The maximum Gasteiger partial charge on any atom is 0.255 e. The molecule has 0 aliphatic carbocycles. The maximum atomic E-state index is 12.9. The molecule has 30 heavy (non-hydrogen) atoms. The van der Waals surface area contributed by atoms with Gasteiger partial charge in [0.25, 0.3) is 5.91 Å². The van der Waals surface area contributed by atoms with Crippen molar-refractivity contribution in [3.63, 3.8) is 0 Å². The second-order valence-electron chi connectivity index (χ2n) is 7.28. The van der Waals surface area contributed by atoms with Crippen molar-refractivity contribution in [1.82, 2.24) is 9.29 Å². The lowest BCUT2D eigenvalue weighted by atomic mass is 10.1. The third-order valence-corrected chi connectivity index (χ3v) is 7.77. The molecule has 0 spiro atoms. The average Bonchev–Trinajstić information content (AvgIpc) is 3.21. The van der Waals surface area contributed by atoms with Gasteiger partial charge in [0, 0.05) is 35.3 Å². The average molecular weight is 442 g/mol. The molecule has 0 atom stereocenters. The predicted octanol–water partition coefficient (Wildman–Crippen LogP) is 4.55. The van der Waals surface area contributed by atoms with Crippen LogP contribution in [0.25, 0.3) is 11.3 Å². The molecule has 1 saturated heterocycles. The van der Waals surface area contributed by atoms with Gasteiger partial charge in [0.05, 0.1) is 15.6 Å². The first kappa shape index (κ1) is 20.7. The van der Waals surface area contributed by atoms with Gasteiger partial charge in [-0.2, -0.15) is 4.31 Å². The number of aromatic nitrogens is 1. The van der Waals surface area contributed by atoms with Crippen LogP contribution < -0.4 is 5.32 Å². The highest BCUT2D eigenvalue weighted by Gasteiger charge is 2.26. The number of benzene rings is 2. The summed E-state index contributed by atoms with van der Waals surface area (Å²) >= 11 is 1.59. The Kier molecular flexibility index (Phi) is 5.99. The van der Waals surface area contributed by atoms with E-state index in [1.165, 1.54) is 10.4 Å². The quantitative estimate of drug-likeness (QED) is 0.630. The summed E-state index contributed by atoms with van der Waals surface area (Å²) < 4.78 is 27.3. The monoisotopic (exact) mass is 441 g/mol. The second-order valence-corrected chi connectivity index (χ2v) is 10.3. The summed E-state index contributed by atoms with van der Waals surface area (Å²) in [6.45, 7) is 3.02. The number of hydrogen-bond donors (Lipinski definition) is 1. The summed E-state index contributed by atoms with van der Waals surface area (Å²) in [7, 11) is -3.58. The van der Waals surface area contributed by atoms with Crippen molar-refractivity contribution in [2.24, 2.45) is 0 Å². The zero-order chi connectivity index (χ0) is 21.1. The molecular formula is C22H23N3O3S2. The summed E-state index contributed by atoms with van der Waals surface area (Å²) in [6.07, 6.45) is 2.79. The number of carbonyl (C=O) groups excluding carboxylic acids is 1. The standard InChI is InChI=1S/C22H23N3O3S2/c1-16-23-21(15-29-16)17-8-10-19(11-9-17)24-22(26)18-6-5-7-20(14-18)30(27,28)25-12-3-2-4-13-25/h5-11,14-15H,2-4,12-13H2,1H3,(H,24,26). The number of thiazole rings is 1. The van der Waals surface area contributed by atoms with E-state index in [2.05, 4.69) is 10.3 Å². The molecule has 156 valence electrons. The van der Waals surface area contributed by atoms with Crippen molar-refractivity contribution in [1.29, 1.82) is 0 Å². The lowest BCUT2D eigenvalue weighted by Gasteiger charge is -2.26. The molecule has 0 bridgehead atoms. The fourth-order valence-corrected chi connectivity index (χ4v) is 5.66. The minimum absolute atomic E-state index is 0.159. The molecule has 8 heteroatoms. The van der Waals surface area contributed by atoms with Crippen LogP contribution in [0.3, 0.4) is 0 Å². The summed E-state index contributed by atoms with van der Waals surface area (Å²) in [5, 5.41) is 5.83. The number of rotatable bonds is 5. The van der Waals surface area contributed by atoms with E-state index in [0.717, 1.165) is 35.5 Å². The van der Waals surface area contributed by atoms with Crippen LogP contribution in [0.2, 0.25) is 0 Å². The van der Waals surface area contributed by atoms with E-state index < -0.39 is 10.0 Å². The minimum atomic E-state index is -3.58. The predicted molar refractivity (Wildman–Crippen MR) is 119 cm³/mol. The van der Waals surface area contributed by atoms with Gasteiger partial charge in [-0.05, 0) is 50.1 Å². The van der Waals surface area contributed by atoms with Gasteiger partial charge in [-0.3, -0.25) is 4.79 Å². The van der Waals surface area contributed by atoms with Crippen LogP contribution in [0.15, 0.2) is 58.8 Å². The lowest BCUT2D eigenvalue weighted by Crippen LogP contribution is -2.35. The van der Waals surface area contributed by atoms with Crippen molar-refractivity contribution in [2.75, 3.05) is 18.4 Å². The van der Waals surface area contributed by atoms with Crippen molar-refractivity contribution in [3.05, 3.63) is 64.5 Å². The number of nitrogens with zero attached hydrogens (tertiary/aromatic N) is 2. The highest BCUT2D eigenvalue weighted by molar-refractivity contribution is 7.89. The Labute approximate surface area is 180 Å². The molecule has 4 rings (SSSR count). The van der Waals surface area contributed by atoms with Crippen LogP contribution in [-0.2, 0) is 10.0 Å². The Hall–Kier alpha value is -2.55. The number of amides is 1. The van der Waals surface area contributed by atoms with Gasteiger partial charge < -0.3 is 5.32 Å². The normalized spacial score (nSPS) is 15.1. The SMILES string of the molecule is Cc1nc(-c2ccc(NC(=O)c3cccc(S(=O)(=O)N4CCCCC4)c3)cc2)cs1. The Morgan fingerprint density at radius 3 is 2.47 bits per heavy atom. The molecule has 1 aliphatic heterocycles. The van der Waals surface area contributed by atoms with Gasteiger partial charge in [0.1, 0.15) is 0 Å². The highest BCUT2D eigenvalue weighted by atomic mass is 32.2. The molecule has 1 N–H and O–H groups in total. The van der Waals surface area contributed by atoms with Crippen LogP contribution >= 0.6 is 11.3 Å². The Balaban J connectivity index is 1.49. The van der Waals surface area contributed by atoms with Gasteiger partial charge in [-0.25, -0.2) is 13.4 Å². The number of piperidine rings is 1. The molecule has 3 aromatic rings. The van der Waals surface area contributed by atoms with E-state index >= 15 is 0 Å². The minimum Gasteiger partial charge on any atom is -0.322 e. The summed E-state index contributed by atoms with van der Waals surface area (Å²) in [4.78, 5) is 17.3. The molecule has 6 nitrogen and oxygen atoms in total. The molecule has 2 aromatic carbocycles. The number of nitrogens with one attached hydrogen (secondary N) is 1. The number of aryl methyl sites for hydroxylation is 1. The number of sulfonamides is 1. The van der Waals surface area contributed by atoms with E-state index in [1.807, 2.05) is 36.6 Å². The first-order valence-electron chi connectivity index (χ1n) is 9.88.